The van der Waals surface area contributed by atoms with Gasteiger partial charge in [0.1, 0.15) is 11.6 Å². The van der Waals surface area contributed by atoms with Gasteiger partial charge >= 0.3 is 0 Å². The summed E-state index contributed by atoms with van der Waals surface area (Å²) in [6.45, 7) is 11.3. The minimum absolute atomic E-state index is 0.125. The summed E-state index contributed by atoms with van der Waals surface area (Å²) in [5.74, 6) is 0.926. The topological polar surface area (TPSA) is 46.7 Å². The molecule has 38 heavy (non-hydrogen) atoms. The van der Waals surface area contributed by atoms with Crippen LogP contribution < -0.4 is 15.5 Å². The largest absolute Gasteiger partial charge is 0.381 e. The first-order valence-electron chi connectivity index (χ1n) is 14.1. The number of piperidine rings is 1. The summed E-state index contributed by atoms with van der Waals surface area (Å²) < 4.78 is 15.1. The van der Waals surface area contributed by atoms with Gasteiger partial charge in [0.25, 0.3) is 0 Å². The predicted octanol–water partition coefficient (Wildman–Crippen LogP) is 4.53. The number of benzene rings is 2. The van der Waals surface area contributed by atoms with Crippen molar-refractivity contribution in [2.75, 3.05) is 49.5 Å². The maximum atomic E-state index is 15.1. The van der Waals surface area contributed by atoms with Crippen molar-refractivity contribution in [1.29, 1.82) is 0 Å². The Labute approximate surface area is 225 Å². The average molecular weight is 515 g/mol. The monoisotopic (exact) mass is 514 g/mol. The molecule has 2 fully saturated rings. The van der Waals surface area contributed by atoms with Crippen molar-refractivity contribution in [2.45, 2.75) is 52.0 Å². The lowest BCUT2D eigenvalue weighted by molar-refractivity contribution is 0.167. The summed E-state index contributed by atoms with van der Waals surface area (Å²) in [5, 5.41) is 7.09. The number of nitrogens with one attached hydrogen (secondary N) is 2. The van der Waals surface area contributed by atoms with Gasteiger partial charge in [-0.3, -0.25) is 9.80 Å². The zero-order valence-corrected chi connectivity index (χ0v) is 22.4. The van der Waals surface area contributed by atoms with Gasteiger partial charge in [0.2, 0.25) is 0 Å². The first-order valence-corrected chi connectivity index (χ1v) is 14.1. The van der Waals surface area contributed by atoms with Crippen molar-refractivity contribution in [1.82, 2.24) is 20.1 Å². The van der Waals surface area contributed by atoms with Crippen LogP contribution in [0.25, 0.3) is 0 Å². The highest BCUT2D eigenvalue weighted by atomic mass is 19.1. The maximum absolute atomic E-state index is 15.1. The lowest BCUT2D eigenvalue weighted by Crippen LogP contribution is -2.46. The molecule has 1 unspecified atom stereocenters. The zero-order chi connectivity index (χ0) is 25.9. The Morgan fingerprint density at radius 1 is 1.03 bits per heavy atom. The van der Waals surface area contributed by atoms with E-state index in [0.29, 0.717) is 18.2 Å². The summed E-state index contributed by atoms with van der Waals surface area (Å²) in [7, 11) is 0. The van der Waals surface area contributed by atoms with Crippen molar-refractivity contribution in [2.24, 2.45) is 0 Å². The standard InChI is InChI=1S/C31H39FN6/c1-23-5-2-9-31(35-23)37-15-13-36(14-16-37)20-24-10-11-25(29(32)17-24)18-34-30-8-3-6-26-21-38(22-28(26)30)27-7-4-12-33-19-27/h2-3,5-6,8-11,17,27,33-34H,4,7,12-16,18-22H2,1H3. The molecule has 1 atom stereocenters. The van der Waals surface area contributed by atoms with Gasteiger partial charge in [0.15, 0.2) is 0 Å². The van der Waals surface area contributed by atoms with E-state index in [1.54, 1.807) is 6.07 Å². The molecule has 7 heteroatoms. The third kappa shape index (κ3) is 5.70. The number of nitrogens with zero attached hydrogens (tertiary/aromatic N) is 4. The number of fused-ring (bicyclic) bond motifs is 1. The molecule has 6 nitrogen and oxygen atoms in total. The van der Waals surface area contributed by atoms with Gasteiger partial charge in [-0.05, 0) is 67.3 Å². The van der Waals surface area contributed by atoms with Gasteiger partial charge in [-0.25, -0.2) is 9.37 Å². The van der Waals surface area contributed by atoms with Crippen molar-refractivity contribution >= 4 is 11.5 Å². The van der Waals surface area contributed by atoms with E-state index in [0.717, 1.165) is 81.7 Å². The second-order valence-corrected chi connectivity index (χ2v) is 11.0. The molecule has 0 radical (unpaired) electrons. The van der Waals surface area contributed by atoms with Crippen LogP contribution in [0.5, 0.6) is 0 Å². The quantitative estimate of drug-likeness (QED) is 0.483. The van der Waals surface area contributed by atoms with E-state index in [-0.39, 0.29) is 5.82 Å². The molecule has 2 saturated heterocycles. The molecule has 1 aromatic heterocycles. The van der Waals surface area contributed by atoms with E-state index in [1.807, 2.05) is 19.1 Å². The van der Waals surface area contributed by atoms with E-state index < -0.39 is 0 Å². The molecule has 200 valence electrons. The molecule has 3 aliphatic rings. The van der Waals surface area contributed by atoms with E-state index in [2.05, 4.69) is 66.7 Å². The van der Waals surface area contributed by atoms with Gasteiger partial charge in [-0.15, -0.1) is 0 Å². The average Bonchev–Trinajstić information content (AvgIpc) is 3.39. The number of hydrogen-bond acceptors (Lipinski definition) is 6. The van der Waals surface area contributed by atoms with Crippen molar-refractivity contribution in [3.8, 4) is 0 Å². The van der Waals surface area contributed by atoms with Crippen molar-refractivity contribution < 1.29 is 4.39 Å². The predicted molar refractivity (Wildman–Crippen MR) is 152 cm³/mol. The normalized spacial score (nSPS) is 20.5. The van der Waals surface area contributed by atoms with Crippen molar-refractivity contribution in [3.63, 3.8) is 0 Å². The van der Waals surface area contributed by atoms with Gasteiger partial charge < -0.3 is 15.5 Å². The molecule has 3 aliphatic heterocycles. The Morgan fingerprint density at radius 2 is 1.89 bits per heavy atom. The number of pyridine rings is 1. The fraction of sp³-hybridized carbons (Fsp3) is 0.452. The highest BCUT2D eigenvalue weighted by Gasteiger charge is 2.28. The molecule has 3 aromatic rings. The number of aromatic nitrogens is 1. The van der Waals surface area contributed by atoms with Crippen LogP contribution in [0.15, 0.2) is 54.6 Å². The first-order chi connectivity index (χ1) is 18.6. The molecule has 0 saturated carbocycles. The smallest absolute Gasteiger partial charge is 0.128 e. The number of piperazine rings is 1. The fourth-order valence-electron chi connectivity index (χ4n) is 6.14. The van der Waals surface area contributed by atoms with Crippen LogP contribution in [-0.2, 0) is 26.2 Å². The van der Waals surface area contributed by atoms with E-state index in [9.17, 15) is 0 Å². The third-order valence-electron chi connectivity index (χ3n) is 8.36. The molecule has 2 aromatic carbocycles. The molecule has 0 spiro atoms. The van der Waals surface area contributed by atoms with Crippen LogP contribution in [0, 0.1) is 12.7 Å². The van der Waals surface area contributed by atoms with Crippen molar-refractivity contribution in [3.05, 3.63) is 88.4 Å². The molecule has 6 rings (SSSR count). The molecule has 4 heterocycles. The lowest BCUT2D eigenvalue weighted by Gasteiger charge is -2.35. The number of aryl methyl sites for hydroxylation is 1. The van der Waals surface area contributed by atoms with Gasteiger partial charge in [-0.1, -0.05) is 30.3 Å². The van der Waals surface area contributed by atoms with E-state index in [1.165, 1.54) is 24.0 Å². The van der Waals surface area contributed by atoms with Crippen LogP contribution in [0.1, 0.15) is 40.8 Å². The second-order valence-electron chi connectivity index (χ2n) is 11.0. The molecule has 0 amide bonds. The SMILES string of the molecule is Cc1cccc(N2CCN(Cc3ccc(CNc4cccc5c4CN(C4CCCNC4)C5)c(F)c3)CC2)n1. The summed E-state index contributed by atoms with van der Waals surface area (Å²) >= 11 is 0. The molecule has 2 N–H and O–H groups in total. The number of anilines is 2. The Kier molecular flexibility index (Phi) is 7.58. The Morgan fingerprint density at radius 3 is 2.68 bits per heavy atom. The van der Waals surface area contributed by atoms with Crippen LogP contribution in [0.3, 0.4) is 0 Å². The zero-order valence-electron chi connectivity index (χ0n) is 22.4. The first kappa shape index (κ1) is 25.3. The Balaban J connectivity index is 1.03. The maximum Gasteiger partial charge on any atom is 0.128 e. The summed E-state index contributed by atoms with van der Waals surface area (Å²) in [6.07, 6.45) is 2.51. The van der Waals surface area contributed by atoms with Gasteiger partial charge in [-0.2, -0.15) is 0 Å². The number of halogens is 1. The molecular formula is C31H39FN6. The summed E-state index contributed by atoms with van der Waals surface area (Å²) in [6, 6.07) is 19.0. The highest BCUT2D eigenvalue weighted by molar-refractivity contribution is 5.56. The minimum atomic E-state index is -0.125. The Bertz CT molecular complexity index is 1250. The summed E-state index contributed by atoms with van der Waals surface area (Å²) in [5.41, 5.74) is 6.70. The van der Waals surface area contributed by atoms with Crippen LogP contribution in [0.4, 0.5) is 15.9 Å². The van der Waals surface area contributed by atoms with Gasteiger partial charge in [0, 0.05) is 81.9 Å². The van der Waals surface area contributed by atoms with Crippen LogP contribution >= 0.6 is 0 Å². The van der Waals surface area contributed by atoms with E-state index in [4.69, 9.17) is 0 Å². The third-order valence-corrected chi connectivity index (χ3v) is 8.36. The van der Waals surface area contributed by atoms with Crippen LogP contribution in [0.2, 0.25) is 0 Å². The highest BCUT2D eigenvalue weighted by Crippen LogP contribution is 2.32. The number of hydrogen-bond donors (Lipinski definition) is 2. The second kappa shape index (κ2) is 11.4. The lowest BCUT2D eigenvalue weighted by atomic mass is 10.1. The van der Waals surface area contributed by atoms with Crippen LogP contribution in [-0.4, -0.2) is 60.1 Å². The van der Waals surface area contributed by atoms with Gasteiger partial charge in [0.05, 0.1) is 0 Å². The minimum Gasteiger partial charge on any atom is -0.381 e. The molecular weight excluding hydrogens is 475 g/mol. The molecule has 0 bridgehead atoms. The summed E-state index contributed by atoms with van der Waals surface area (Å²) in [4.78, 5) is 12.0. The Hall–Kier alpha value is -3.00. The fourth-order valence-corrected chi connectivity index (χ4v) is 6.14. The molecule has 0 aliphatic carbocycles. The van der Waals surface area contributed by atoms with E-state index >= 15 is 4.39 Å². The number of rotatable bonds is 7.